The third-order valence-electron chi connectivity index (χ3n) is 4.40. The second kappa shape index (κ2) is 8.16. The van der Waals surface area contributed by atoms with Crippen LogP contribution >= 0.6 is 11.6 Å². The van der Waals surface area contributed by atoms with Crippen molar-refractivity contribution in [1.29, 1.82) is 0 Å². The third kappa shape index (κ3) is 4.44. The van der Waals surface area contributed by atoms with Crippen LogP contribution in [0.15, 0.2) is 90.1 Å². The maximum Gasteiger partial charge on any atom is 0.258 e. The summed E-state index contributed by atoms with van der Waals surface area (Å²) in [6.07, 6.45) is 4.92. The van der Waals surface area contributed by atoms with Crippen LogP contribution in [0, 0.1) is 0 Å². The van der Waals surface area contributed by atoms with Gasteiger partial charge in [-0.25, -0.2) is 4.68 Å². The number of carbonyl (C=O) groups excluding carboxylic acids is 1. The first-order chi connectivity index (χ1) is 14.1. The molecule has 1 N–H and O–H groups in total. The zero-order chi connectivity index (χ0) is 20.2. The highest BCUT2D eigenvalue weighted by atomic mass is 35.5. The second-order valence-electron chi connectivity index (χ2n) is 6.47. The Morgan fingerprint density at radius 2 is 1.76 bits per heavy atom. The van der Waals surface area contributed by atoms with Gasteiger partial charge in [-0.2, -0.15) is 5.10 Å². The Balaban J connectivity index is 1.43. The summed E-state index contributed by atoms with van der Waals surface area (Å²) in [5.41, 5.74) is 2.83. The van der Waals surface area contributed by atoms with Gasteiger partial charge in [0, 0.05) is 29.2 Å². The van der Waals surface area contributed by atoms with Gasteiger partial charge in [0.05, 0.1) is 24.0 Å². The summed E-state index contributed by atoms with van der Waals surface area (Å²) in [7, 11) is 0. The lowest BCUT2D eigenvalue weighted by Crippen LogP contribution is -2.18. The van der Waals surface area contributed by atoms with E-state index in [2.05, 4.69) is 10.4 Å². The lowest BCUT2D eigenvalue weighted by Gasteiger charge is -2.07. The third-order valence-corrected chi connectivity index (χ3v) is 4.65. The number of rotatable bonds is 5. The molecule has 0 aliphatic carbocycles. The molecule has 2 aromatic heterocycles. The van der Waals surface area contributed by atoms with Crippen molar-refractivity contribution in [2.24, 2.45) is 0 Å². The summed E-state index contributed by atoms with van der Waals surface area (Å²) in [4.78, 5) is 24.3. The van der Waals surface area contributed by atoms with Gasteiger partial charge in [0.15, 0.2) is 0 Å². The molecule has 2 aromatic carbocycles. The fourth-order valence-electron chi connectivity index (χ4n) is 2.86. The van der Waals surface area contributed by atoms with Crippen molar-refractivity contribution in [2.75, 3.05) is 5.32 Å². The van der Waals surface area contributed by atoms with Gasteiger partial charge in [0.25, 0.3) is 11.5 Å². The first kappa shape index (κ1) is 18.7. The van der Waals surface area contributed by atoms with Crippen LogP contribution in [0.1, 0.15) is 15.9 Å². The molecule has 2 heterocycles. The van der Waals surface area contributed by atoms with E-state index >= 15 is 0 Å². The molecule has 7 heteroatoms. The van der Waals surface area contributed by atoms with Gasteiger partial charge >= 0.3 is 0 Å². The fraction of sp³-hybridized carbons (Fsp3) is 0.0455. The van der Waals surface area contributed by atoms with Crippen LogP contribution in [0.25, 0.3) is 5.69 Å². The minimum absolute atomic E-state index is 0.0532. The topological polar surface area (TPSA) is 68.9 Å². The van der Waals surface area contributed by atoms with Gasteiger partial charge in [-0.15, -0.1) is 0 Å². The van der Waals surface area contributed by atoms with Gasteiger partial charge < -0.3 is 9.88 Å². The molecule has 1 amide bonds. The highest BCUT2D eigenvalue weighted by molar-refractivity contribution is 6.30. The smallest absolute Gasteiger partial charge is 0.258 e. The number of anilines is 1. The molecular formula is C22H17ClN4O2. The molecule has 0 aliphatic heterocycles. The van der Waals surface area contributed by atoms with E-state index in [4.69, 9.17) is 11.6 Å². The summed E-state index contributed by atoms with van der Waals surface area (Å²) in [6.45, 7) is 0.474. The van der Waals surface area contributed by atoms with Gasteiger partial charge in [-0.3, -0.25) is 9.59 Å². The van der Waals surface area contributed by atoms with Crippen LogP contribution in [0.4, 0.5) is 5.69 Å². The number of aromatic nitrogens is 3. The molecule has 0 bridgehead atoms. The Kier molecular flexibility index (Phi) is 5.27. The number of hydrogen-bond acceptors (Lipinski definition) is 3. The monoisotopic (exact) mass is 404 g/mol. The Morgan fingerprint density at radius 1 is 1.00 bits per heavy atom. The van der Waals surface area contributed by atoms with Crippen molar-refractivity contribution in [3.63, 3.8) is 0 Å². The molecule has 0 saturated carbocycles. The Morgan fingerprint density at radius 3 is 2.48 bits per heavy atom. The Labute approximate surface area is 172 Å². The number of amides is 1. The van der Waals surface area contributed by atoms with Crippen molar-refractivity contribution < 1.29 is 4.79 Å². The molecule has 0 radical (unpaired) electrons. The lowest BCUT2D eigenvalue weighted by molar-refractivity contribution is 0.102. The van der Waals surface area contributed by atoms with E-state index in [9.17, 15) is 9.59 Å². The maximum absolute atomic E-state index is 12.5. The summed E-state index contributed by atoms with van der Waals surface area (Å²) in [6, 6.07) is 19.6. The van der Waals surface area contributed by atoms with Crippen LogP contribution in [0.3, 0.4) is 0 Å². The predicted molar refractivity (Wildman–Crippen MR) is 113 cm³/mol. The predicted octanol–water partition coefficient (Wildman–Crippen LogP) is 3.99. The van der Waals surface area contributed by atoms with E-state index in [0.29, 0.717) is 22.8 Å². The molecule has 0 saturated heterocycles. The van der Waals surface area contributed by atoms with Crippen molar-refractivity contribution in [3.05, 3.63) is 112 Å². The molecule has 0 aliphatic rings. The zero-order valence-corrected chi connectivity index (χ0v) is 16.1. The van der Waals surface area contributed by atoms with Crippen molar-refractivity contribution in [3.8, 4) is 5.69 Å². The molecule has 144 valence electrons. The van der Waals surface area contributed by atoms with Gasteiger partial charge in [-0.05, 0) is 48.0 Å². The molecule has 6 nitrogen and oxygen atoms in total. The highest BCUT2D eigenvalue weighted by Crippen LogP contribution is 2.15. The molecule has 0 unspecified atom stereocenters. The minimum Gasteiger partial charge on any atom is -0.322 e. The highest BCUT2D eigenvalue weighted by Gasteiger charge is 2.10. The molecule has 4 aromatic rings. The number of nitrogens with zero attached hydrogens (tertiary/aromatic N) is 3. The number of pyridine rings is 1. The van der Waals surface area contributed by atoms with E-state index in [0.717, 1.165) is 11.3 Å². The van der Waals surface area contributed by atoms with Gasteiger partial charge in [0.1, 0.15) is 0 Å². The first-order valence-corrected chi connectivity index (χ1v) is 9.33. The van der Waals surface area contributed by atoms with Crippen LogP contribution in [0.5, 0.6) is 0 Å². The lowest BCUT2D eigenvalue weighted by atomic mass is 10.2. The molecule has 0 fully saturated rings. The summed E-state index contributed by atoms with van der Waals surface area (Å²) < 4.78 is 3.24. The normalized spacial score (nSPS) is 10.7. The molecule has 0 atom stereocenters. The maximum atomic E-state index is 12.5. The summed E-state index contributed by atoms with van der Waals surface area (Å²) in [5.74, 6) is -0.253. The number of benzene rings is 2. The summed E-state index contributed by atoms with van der Waals surface area (Å²) >= 11 is 5.90. The van der Waals surface area contributed by atoms with Crippen LogP contribution < -0.4 is 10.9 Å². The summed E-state index contributed by atoms with van der Waals surface area (Å²) in [5, 5.41) is 7.72. The van der Waals surface area contributed by atoms with E-state index in [1.807, 2.05) is 42.5 Å². The average molecular weight is 405 g/mol. The molecule has 4 rings (SSSR count). The number of halogens is 1. The Hall–Kier alpha value is -3.64. The van der Waals surface area contributed by atoms with Crippen molar-refractivity contribution in [1.82, 2.24) is 14.3 Å². The standard InChI is InChI=1S/C22H17ClN4O2/c23-18-6-10-20(11-7-18)27-15-17(13-24-27)22(29)25-19-8-4-16(5-9-19)14-26-12-2-1-3-21(26)28/h1-13,15H,14H2,(H,25,29). The van der Waals surface area contributed by atoms with Gasteiger partial charge in [-0.1, -0.05) is 29.8 Å². The first-order valence-electron chi connectivity index (χ1n) is 8.95. The second-order valence-corrected chi connectivity index (χ2v) is 6.90. The van der Waals surface area contributed by atoms with Crippen LogP contribution in [-0.4, -0.2) is 20.3 Å². The minimum atomic E-state index is -0.253. The van der Waals surface area contributed by atoms with E-state index in [1.54, 1.807) is 39.8 Å². The number of hydrogen-bond donors (Lipinski definition) is 1. The molecule has 29 heavy (non-hydrogen) atoms. The van der Waals surface area contributed by atoms with Crippen LogP contribution in [-0.2, 0) is 6.54 Å². The number of carbonyl (C=O) groups is 1. The quantitative estimate of drug-likeness (QED) is 0.547. The van der Waals surface area contributed by atoms with Crippen LogP contribution in [0.2, 0.25) is 5.02 Å². The molecule has 0 spiro atoms. The largest absolute Gasteiger partial charge is 0.322 e. The van der Waals surface area contributed by atoms with Crippen molar-refractivity contribution in [2.45, 2.75) is 6.54 Å². The SMILES string of the molecule is O=C(Nc1ccc(Cn2ccccc2=O)cc1)c1cnn(-c2ccc(Cl)cc2)c1. The fourth-order valence-corrected chi connectivity index (χ4v) is 2.99. The van der Waals surface area contributed by atoms with E-state index in [1.165, 1.54) is 12.3 Å². The zero-order valence-electron chi connectivity index (χ0n) is 15.3. The number of nitrogens with one attached hydrogen (secondary N) is 1. The van der Waals surface area contributed by atoms with E-state index < -0.39 is 0 Å². The van der Waals surface area contributed by atoms with E-state index in [-0.39, 0.29) is 11.5 Å². The van der Waals surface area contributed by atoms with Crippen molar-refractivity contribution >= 4 is 23.2 Å². The molecular weight excluding hydrogens is 388 g/mol. The Bertz CT molecular complexity index is 1190. The average Bonchev–Trinajstić information content (AvgIpc) is 3.22. The van der Waals surface area contributed by atoms with Gasteiger partial charge in [0.2, 0.25) is 0 Å².